The van der Waals surface area contributed by atoms with Gasteiger partial charge in [0.1, 0.15) is 16.5 Å². The summed E-state index contributed by atoms with van der Waals surface area (Å²) in [5.74, 6) is 0.104. The van der Waals surface area contributed by atoms with Gasteiger partial charge in [-0.3, -0.25) is 4.79 Å². The molecule has 1 fully saturated rings. The molecule has 8 nitrogen and oxygen atoms in total. The van der Waals surface area contributed by atoms with Gasteiger partial charge in [0, 0.05) is 24.0 Å². The van der Waals surface area contributed by atoms with Gasteiger partial charge in [-0.1, -0.05) is 18.2 Å². The van der Waals surface area contributed by atoms with Crippen LogP contribution in [-0.2, 0) is 14.8 Å². The zero-order valence-corrected chi connectivity index (χ0v) is 17.2. The number of morpholine rings is 1. The van der Waals surface area contributed by atoms with E-state index in [-0.39, 0.29) is 29.3 Å². The monoisotopic (exact) mass is 427 g/mol. The number of pyridine rings is 1. The molecule has 1 aliphatic rings. The van der Waals surface area contributed by atoms with E-state index >= 15 is 0 Å². The summed E-state index contributed by atoms with van der Waals surface area (Å²) in [6, 6.07) is 15.5. The quantitative estimate of drug-likeness (QED) is 0.672. The van der Waals surface area contributed by atoms with Crippen LogP contribution < -0.4 is 10.1 Å². The smallest absolute Gasteiger partial charge is 0.256 e. The fourth-order valence-electron chi connectivity index (χ4n) is 3.27. The van der Waals surface area contributed by atoms with Crippen LogP contribution in [0, 0.1) is 0 Å². The Kier molecular flexibility index (Phi) is 5.67. The maximum atomic E-state index is 13.1. The number of carbonyl (C=O) groups is 1. The molecule has 4 rings (SSSR count). The summed E-state index contributed by atoms with van der Waals surface area (Å²) in [6.45, 7) is 1.16. The Morgan fingerprint density at radius 3 is 2.63 bits per heavy atom. The van der Waals surface area contributed by atoms with E-state index < -0.39 is 15.9 Å². The first kappa shape index (κ1) is 20.3. The number of fused-ring (bicyclic) bond motifs is 1. The lowest BCUT2D eigenvalue weighted by molar-refractivity contribution is 0.0729. The third-order valence-electron chi connectivity index (χ3n) is 4.85. The number of carbonyl (C=O) groups excluding carboxylic acids is 1. The fraction of sp³-hybridized carbons (Fsp3) is 0.238. The summed E-state index contributed by atoms with van der Waals surface area (Å²) in [6.07, 6.45) is 0. The molecule has 9 heteroatoms. The summed E-state index contributed by atoms with van der Waals surface area (Å²) in [7, 11) is -2.43. The second kappa shape index (κ2) is 8.39. The van der Waals surface area contributed by atoms with Crippen molar-refractivity contribution >= 4 is 32.7 Å². The summed E-state index contributed by atoms with van der Waals surface area (Å²) < 4.78 is 38.0. The Hall–Kier alpha value is -3.01. The largest absolute Gasteiger partial charge is 0.495 e. The molecule has 0 saturated carbocycles. The number of rotatable bonds is 5. The summed E-state index contributed by atoms with van der Waals surface area (Å²) in [4.78, 5) is 17.2. The summed E-state index contributed by atoms with van der Waals surface area (Å²) in [5.41, 5.74) is 0.943. The van der Waals surface area contributed by atoms with Gasteiger partial charge in [-0.2, -0.15) is 4.31 Å². The number of methoxy groups -OCH3 is 1. The lowest BCUT2D eigenvalue weighted by Gasteiger charge is -2.26. The zero-order chi connectivity index (χ0) is 21.1. The number of hydrogen-bond donors (Lipinski definition) is 1. The number of benzene rings is 2. The average molecular weight is 427 g/mol. The van der Waals surface area contributed by atoms with Crippen LogP contribution in [0.1, 0.15) is 10.4 Å². The van der Waals surface area contributed by atoms with Crippen molar-refractivity contribution in [2.45, 2.75) is 4.90 Å². The van der Waals surface area contributed by atoms with Gasteiger partial charge in [-0.25, -0.2) is 13.4 Å². The molecule has 3 aromatic rings. The van der Waals surface area contributed by atoms with Crippen LogP contribution in [-0.4, -0.2) is 57.0 Å². The molecular weight excluding hydrogens is 406 g/mol. The van der Waals surface area contributed by atoms with Gasteiger partial charge in [-0.15, -0.1) is 0 Å². The SMILES string of the molecule is COc1ccc(C(=O)Nc2ccc3ccccc3n2)cc1S(=O)(=O)N1CCOCC1. The molecule has 1 aliphatic heterocycles. The molecule has 2 heterocycles. The van der Waals surface area contributed by atoms with Gasteiger partial charge in [0.25, 0.3) is 5.91 Å². The van der Waals surface area contributed by atoms with Crippen molar-refractivity contribution in [3.8, 4) is 5.75 Å². The van der Waals surface area contributed by atoms with Crippen LogP contribution in [0.25, 0.3) is 10.9 Å². The molecule has 1 saturated heterocycles. The van der Waals surface area contributed by atoms with Crippen LogP contribution in [0.3, 0.4) is 0 Å². The van der Waals surface area contributed by atoms with Crippen LogP contribution in [0.4, 0.5) is 5.82 Å². The van der Waals surface area contributed by atoms with Crippen LogP contribution in [0.15, 0.2) is 59.5 Å². The highest BCUT2D eigenvalue weighted by Gasteiger charge is 2.30. The van der Waals surface area contributed by atoms with Crippen molar-refractivity contribution in [1.29, 1.82) is 0 Å². The molecule has 0 unspecified atom stereocenters. The third kappa shape index (κ3) is 4.00. The second-order valence-corrected chi connectivity index (χ2v) is 8.63. The van der Waals surface area contributed by atoms with Gasteiger partial charge in [0.2, 0.25) is 10.0 Å². The Balaban J connectivity index is 1.63. The first-order chi connectivity index (χ1) is 14.5. The van der Waals surface area contributed by atoms with E-state index in [1.54, 1.807) is 6.07 Å². The van der Waals surface area contributed by atoms with Gasteiger partial charge in [-0.05, 0) is 36.4 Å². The number of amides is 1. The third-order valence-corrected chi connectivity index (χ3v) is 6.77. The van der Waals surface area contributed by atoms with E-state index in [9.17, 15) is 13.2 Å². The molecule has 0 radical (unpaired) electrons. The average Bonchev–Trinajstić information content (AvgIpc) is 2.79. The molecule has 1 N–H and O–H groups in total. The number of aromatic nitrogens is 1. The minimum Gasteiger partial charge on any atom is -0.495 e. The van der Waals surface area contributed by atoms with E-state index in [2.05, 4.69) is 10.3 Å². The van der Waals surface area contributed by atoms with Crippen molar-refractivity contribution in [1.82, 2.24) is 9.29 Å². The highest BCUT2D eigenvalue weighted by molar-refractivity contribution is 7.89. The molecule has 0 bridgehead atoms. The number of sulfonamides is 1. The summed E-state index contributed by atoms with van der Waals surface area (Å²) >= 11 is 0. The van der Waals surface area contributed by atoms with E-state index in [0.29, 0.717) is 19.0 Å². The first-order valence-corrected chi connectivity index (χ1v) is 10.9. The summed E-state index contributed by atoms with van der Waals surface area (Å²) in [5, 5.41) is 3.68. The minimum absolute atomic E-state index is 0.0500. The molecule has 30 heavy (non-hydrogen) atoms. The standard InChI is InChI=1S/C21H21N3O5S/c1-28-18-8-6-16(14-19(18)30(26,27)24-10-12-29-13-11-24)21(25)23-20-9-7-15-4-2-3-5-17(15)22-20/h2-9,14H,10-13H2,1H3,(H,22,23,25). The van der Waals surface area contributed by atoms with Crippen LogP contribution in [0.2, 0.25) is 0 Å². The number of nitrogens with one attached hydrogen (secondary N) is 1. The van der Waals surface area contributed by atoms with E-state index in [1.807, 2.05) is 30.3 Å². The lowest BCUT2D eigenvalue weighted by atomic mass is 10.2. The molecule has 0 aliphatic carbocycles. The molecule has 0 spiro atoms. The van der Waals surface area contributed by atoms with Gasteiger partial charge >= 0.3 is 0 Å². The highest BCUT2D eigenvalue weighted by atomic mass is 32.2. The Labute approximate surface area is 174 Å². The van der Waals surface area contributed by atoms with Gasteiger partial charge < -0.3 is 14.8 Å². The first-order valence-electron chi connectivity index (χ1n) is 9.42. The maximum Gasteiger partial charge on any atom is 0.256 e. The predicted molar refractivity (Wildman–Crippen MR) is 112 cm³/mol. The van der Waals surface area contributed by atoms with Crippen molar-refractivity contribution in [2.75, 3.05) is 38.7 Å². The zero-order valence-electron chi connectivity index (χ0n) is 16.4. The lowest BCUT2D eigenvalue weighted by Crippen LogP contribution is -2.40. The van der Waals surface area contributed by atoms with Crippen LogP contribution >= 0.6 is 0 Å². The minimum atomic E-state index is -3.83. The second-order valence-electron chi connectivity index (χ2n) is 6.73. The number of nitrogens with zero attached hydrogens (tertiary/aromatic N) is 2. The molecule has 1 aromatic heterocycles. The van der Waals surface area contributed by atoms with Crippen LogP contribution in [0.5, 0.6) is 5.75 Å². The van der Waals surface area contributed by atoms with Crippen molar-refractivity contribution < 1.29 is 22.7 Å². The Morgan fingerprint density at radius 2 is 1.87 bits per heavy atom. The van der Waals surface area contributed by atoms with Gasteiger partial charge in [0.15, 0.2) is 0 Å². The number of ether oxygens (including phenoxy) is 2. The van der Waals surface area contributed by atoms with Crippen molar-refractivity contribution in [2.24, 2.45) is 0 Å². The van der Waals surface area contributed by atoms with E-state index in [4.69, 9.17) is 9.47 Å². The van der Waals surface area contributed by atoms with Crippen molar-refractivity contribution in [3.05, 3.63) is 60.2 Å². The molecular formula is C21H21N3O5S. The number of anilines is 1. The van der Waals surface area contributed by atoms with E-state index in [1.165, 1.54) is 29.6 Å². The van der Waals surface area contributed by atoms with E-state index in [0.717, 1.165) is 10.9 Å². The highest BCUT2D eigenvalue weighted by Crippen LogP contribution is 2.29. The Morgan fingerprint density at radius 1 is 1.10 bits per heavy atom. The fourth-order valence-corrected chi connectivity index (χ4v) is 4.86. The normalized spacial score (nSPS) is 15.1. The molecule has 0 atom stereocenters. The maximum absolute atomic E-state index is 13.1. The topological polar surface area (TPSA) is 97.8 Å². The Bertz CT molecular complexity index is 1190. The molecule has 2 aromatic carbocycles. The number of hydrogen-bond acceptors (Lipinski definition) is 6. The van der Waals surface area contributed by atoms with Crippen molar-refractivity contribution in [3.63, 3.8) is 0 Å². The number of para-hydroxylation sites is 1. The van der Waals surface area contributed by atoms with Gasteiger partial charge in [0.05, 0.1) is 25.8 Å². The molecule has 1 amide bonds. The predicted octanol–water partition coefficient (Wildman–Crippen LogP) is 2.52. The molecule has 156 valence electrons.